The Morgan fingerprint density at radius 3 is 2.37 bits per heavy atom. The van der Waals surface area contributed by atoms with Crippen molar-refractivity contribution >= 4 is 6.41 Å². The first-order chi connectivity index (χ1) is 9.14. The van der Waals surface area contributed by atoms with Crippen molar-refractivity contribution in [1.82, 2.24) is 10.2 Å². The van der Waals surface area contributed by atoms with E-state index in [0.717, 1.165) is 25.1 Å². The van der Waals surface area contributed by atoms with Crippen LogP contribution in [0.4, 0.5) is 0 Å². The molecule has 0 rings (SSSR count). The van der Waals surface area contributed by atoms with Gasteiger partial charge in [-0.2, -0.15) is 0 Å². The van der Waals surface area contributed by atoms with Crippen LogP contribution >= 0.6 is 0 Å². The van der Waals surface area contributed by atoms with E-state index in [9.17, 15) is 4.79 Å². The van der Waals surface area contributed by atoms with E-state index in [-0.39, 0.29) is 0 Å². The third kappa shape index (κ3) is 6.58. The Balaban J connectivity index is 4.46. The number of nitrogens with zero attached hydrogens (tertiary/aromatic N) is 1. The van der Waals surface area contributed by atoms with E-state index in [0.29, 0.717) is 6.04 Å². The average Bonchev–Trinajstić information content (AvgIpc) is 2.43. The van der Waals surface area contributed by atoms with Crippen molar-refractivity contribution in [2.45, 2.75) is 59.4 Å². The molecular formula is C16H30N2O. The van der Waals surface area contributed by atoms with Gasteiger partial charge in [-0.3, -0.25) is 4.79 Å². The third-order valence-corrected chi connectivity index (χ3v) is 3.65. The number of hydrogen-bond donors (Lipinski definition) is 1. The molecule has 0 aliphatic rings. The van der Waals surface area contributed by atoms with E-state index in [2.05, 4.69) is 37.2 Å². The molecule has 1 atom stereocenters. The van der Waals surface area contributed by atoms with E-state index in [1.807, 2.05) is 19.9 Å². The zero-order valence-electron chi connectivity index (χ0n) is 13.2. The van der Waals surface area contributed by atoms with Crippen molar-refractivity contribution in [3.05, 3.63) is 23.4 Å². The Hall–Kier alpha value is -1.09. The molecule has 0 radical (unpaired) electrons. The maximum atomic E-state index is 10.6. The average molecular weight is 266 g/mol. The molecule has 0 bridgehead atoms. The van der Waals surface area contributed by atoms with Gasteiger partial charge in [-0.25, -0.2) is 0 Å². The minimum atomic E-state index is 0.663. The summed E-state index contributed by atoms with van der Waals surface area (Å²) in [5.41, 5.74) is 2.13. The van der Waals surface area contributed by atoms with Crippen LogP contribution in [0.5, 0.6) is 0 Å². The van der Waals surface area contributed by atoms with Gasteiger partial charge in [0.05, 0.1) is 0 Å². The summed E-state index contributed by atoms with van der Waals surface area (Å²) in [6.07, 6.45) is 9.42. The fourth-order valence-electron chi connectivity index (χ4n) is 2.41. The molecule has 1 amide bonds. The summed E-state index contributed by atoms with van der Waals surface area (Å²) < 4.78 is 0. The van der Waals surface area contributed by atoms with Crippen molar-refractivity contribution in [2.24, 2.45) is 0 Å². The highest BCUT2D eigenvalue weighted by Gasteiger charge is 2.12. The van der Waals surface area contributed by atoms with Crippen LogP contribution in [0.3, 0.4) is 0 Å². The van der Waals surface area contributed by atoms with Crippen LogP contribution in [0, 0.1) is 0 Å². The van der Waals surface area contributed by atoms with Crippen LogP contribution in [0.1, 0.15) is 53.4 Å². The second-order valence-electron chi connectivity index (χ2n) is 4.86. The van der Waals surface area contributed by atoms with Gasteiger partial charge in [0.15, 0.2) is 0 Å². The van der Waals surface area contributed by atoms with Crippen molar-refractivity contribution in [2.75, 3.05) is 13.6 Å². The van der Waals surface area contributed by atoms with Gasteiger partial charge in [-0.15, -0.1) is 0 Å². The lowest BCUT2D eigenvalue weighted by Gasteiger charge is -2.27. The second-order valence-corrected chi connectivity index (χ2v) is 4.86. The van der Waals surface area contributed by atoms with Crippen molar-refractivity contribution in [3.63, 3.8) is 0 Å². The Labute approximate surface area is 118 Å². The molecule has 19 heavy (non-hydrogen) atoms. The maximum absolute atomic E-state index is 10.6. The van der Waals surface area contributed by atoms with E-state index >= 15 is 0 Å². The lowest BCUT2D eigenvalue weighted by atomic mass is 10.1. The Morgan fingerprint density at radius 1 is 1.26 bits per heavy atom. The summed E-state index contributed by atoms with van der Waals surface area (Å²) in [6, 6.07) is 0.663. The highest BCUT2D eigenvalue weighted by molar-refractivity contribution is 5.53. The van der Waals surface area contributed by atoms with Crippen LogP contribution in [-0.2, 0) is 4.79 Å². The summed E-state index contributed by atoms with van der Waals surface area (Å²) in [5.74, 6) is 0. The van der Waals surface area contributed by atoms with Gasteiger partial charge in [0.1, 0.15) is 0 Å². The van der Waals surface area contributed by atoms with Crippen LogP contribution in [0.2, 0.25) is 0 Å². The first-order valence-electron chi connectivity index (χ1n) is 7.36. The van der Waals surface area contributed by atoms with Gasteiger partial charge >= 0.3 is 0 Å². The van der Waals surface area contributed by atoms with Crippen molar-refractivity contribution in [1.29, 1.82) is 0 Å². The molecule has 110 valence electrons. The van der Waals surface area contributed by atoms with E-state index < -0.39 is 0 Å². The number of carbonyl (C=O) groups excluding carboxylic acids is 1. The number of carbonyl (C=O) groups is 1. The van der Waals surface area contributed by atoms with E-state index in [1.165, 1.54) is 24.8 Å². The van der Waals surface area contributed by atoms with E-state index in [1.54, 1.807) is 0 Å². The van der Waals surface area contributed by atoms with Gasteiger partial charge in [0.25, 0.3) is 0 Å². The lowest BCUT2D eigenvalue weighted by Crippen LogP contribution is -2.32. The number of nitrogens with one attached hydrogen (secondary N) is 1. The SMILES string of the molecule is C/C=C(CCN(C)C(CC)CCC)\C(=C/C)NC=O. The van der Waals surface area contributed by atoms with Gasteiger partial charge in [0.2, 0.25) is 6.41 Å². The molecular weight excluding hydrogens is 236 g/mol. The number of hydrogen-bond acceptors (Lipinski definition) is 2. The molecule has 0 aliphatic heterocycles. The number of amides is 1. The van der Waals surface area contributed by atoms with Crippen LogP contribution in [0.15, 0.2) is 23.4 Å². The molecule has 0 heterocycles. The van der Waals surface area contributed by atoms with Gasteiger partial charge < -0.3 is 10.2 Å². The smallest absolute Gasteiger partial charge is 0.211 e. The molecule has 0 aromatic heterocycles. The summed E-state index contributed by atoms with van der Waals surface area (Å²) in [5, 5.41) is 2.77. The van der Waals surface area contributed by atoms with Crippen molar-refractivity contribution < 1.29 is 4.79 Å². The number of allylic oxidation sites excluding steroid dienone is 3. The predicted octanol–water partition coefficient (Wildman–Crippen LogP) is 3.48. The minimum Gasteiger partial charge on any atom is -0.329 e. The summed E-state index contributed by atoms with van der Waals surface area (Å²) in [6.45, 7) is 9.48. The summed E-state index contributed by atoms with van der Waals surface area (Å²) in [4.78, 5) is 13.0. The minimum absolute atomic E-state index is 0.663. The summed E-state index contributed by atoms with van der Waals surface area (Å²) >= 11 is 0. The second kappa shape index (κ2) is 10.8. The van der Waals surface area contributed by atoms with Gasteiger partial charge in [-0.1, -0.05) is 32.4 Å². The Bertz CT molecular complexity index is 308. The quantitative estimate of drug-likeness (QED) is 0.485. The maximum Gasteiger partial charge on any atom is 0.211 e. The molecule has 0 aromatic rings. The molecule has 1 N–H and O–H groups in total. The van der Waals surface area contributed by atoms with Gasteiger partial charge in [-0.05, 0) is 45.7 Å². The highest BCUT2D eigenvalue weighted by atomic mass is 16.1. The molecule has 0 saturated heterocycles. The fraction of sp³-hybridized carbons (Fsp3) is 0.688. The Morgan fingerprint density at radius 2 is 1.95 bits per heavy atom. The molecule has 1 unspecified atom stereocenters. The first kappa shape index (κ1) is 17.9. The first-order valence-corrected chi connectivity index (χ1v) is 7.36. The predicted molar refractivity (Wildman–Crippen MR) is 82.9 cm³/mol. The van der Waals surface area contributed by atoms with Crippen molar-refractivity contribution in [3.8, 4) is 0 Å². The summed E-state index contributed by atoms with van der Waals surface area (Å²) in [7, 11) is 2.19. The zero-order chi connectivity index (χ0) is 14.7. The molecule has 0 saturated carbocycles. The highest BCUT2D eigenvalue weighted by Crippen LogP contribution is 2.15. The molecule has 0 spiro atoms. The third-order valence-electron chi connectivity index (χ3n) is 3.65. The molecule has 3 nitrogen and oxygen atoms in total. The standard InChI is InChI=1S/C16H30N2O/c1-6-10-15(8-3)18(5)12-11-14(7-2)16(9-4)17-13-19/h7,9,13,15H,6,8,10-12H2,1-5H3,(H,17,19)/b14-7-,16-9+. The number of rotatable bonds is 10. The largest absolute Gasteiger partial charge is 0.329 e. The Kier molecular flexibility index (Phi) is 10.2. The molecule has 0 fully saturated rings. The molecule has 3 heteroatoms. The van der Waals surface area contributed by atoms with Crippen LogP contribution in [0.25, 0.3) is 0 Å². The lowest BCUT2D eigenvalue weighted by molar-refractivity contribution is -0.108. The fourth-order valence-corrected chi connectivity index (χ4v) is 2.41. The topological polar surface area (TPSA) is 32.3 Å². The monoisotopic (exact) mass is 266 g/mol. The zero-order valence-corrected chi connectivity index (χ0v) is 13.2. The molecule has 0 aliphatic carbocycles. The van der Waals surface area contributed by atoms with Gasteiger partial charge in [0, 0.05) is 18.3 Å². The van der Waals surface area contributed by atoms with Crippen LogP contribution in [-0.4, -0.2) is 30.9 Å². The normalized spacial score (nSPS) is 14.6. The van der Waals surface area contributed by atoms with Crippen LogP contribution < -0.4 is 5.32 Å². The molecule has 0 aromatic carbocycles. The van der Waals surface area contributed by atoms with E-state index in [4.69, 9.17) is 0 Å².